The van der Waals surface area contributed by atoms with Gasteiger partial charge < -0.3 is 8.85 Å². The van der Waals surface area contributed by atoms with Crippen molar-refractivity contribution in [3.8, 4) is 0 Å². The second kappa shape index (κ2) is 8.85. The first-order valence-electron chi connectivity index (χ1n) is 8.89. The molecule has 0 aliphatic carbocycles. The van der Waals surface area contributed by atoms with Crippen LogP contribution in [-0.4, -0.2) is 29.3 Å². The van der Waals surface area contributed by atoms with Crippen LogP contribution in [0.2, 0.25) is 36.3 Å². The summed E-state index contributed by atoms with van der Waals surface area (Å²) >= 11 is 0. The number of rotatable bonds is 10. The third-order valence-electron chi connectivity index (χ3n) is 5.39. The van der Waals surface area contributed by atoms with E-state index in [4.69, 9.17) is 8.85 Å². The van der Waals surface area contributed by atoms with E-state index in [2.05, 4.69) is 61.6 Å². The van der Waals surface area contributed by atoms with E-state index in [0.717, 1.165) is 13.0 Å². The van der Waals surface area contributed by atoms with Gasteiger partial charge in [-0.3, -0.25) is 0 Å². The monoisotopic (exact) mass is 332 g/mol. The molecule has 1 atom stereocenters. The molecule has 0 N–H and O–H groups in total. The van der Waals surface area contributed by atoms with E-state index >= 15 is 0 Å². The Morgan fingerprint density at radius 2 is 1.38 bits per heavy atom. The van der Waals surface area contributed by atoms with Crippen LogP contribution in [0.25, 0.3) is 0 Å². The van der Waals surface area contributed by atoms with Gasteiger partial charge in [-0.15, -0.1) is 0 Å². The van der Waals surface area contributed by atoms with Gasteiger partial charge in [-0.25, -0.2) is 0 Å². The maximum atomic E-state index is 6.61. The minimum absolute atomic E-state index is 0.272. The number of hydrogen-bond donors (Lipinski definition) is 0. The molecule has 1 unspecified atom stereocenters. The second-order valence-electron chi connectivity index (χ2n) is 7.84. The minimum atomic E-state index is -1.70. The van der Waals surface area contributed by atoms with Gasteiger partial charge in [0.25, 0.3) is 0 Å². The molecular formula is C17H40O2Si2. The summed E-state index contributed by atoms with van der Waals surface area (Å²) in [5.74, 6) is 0. The van der Waals surface area contributed by atoms with Crippen LogP contribution in [0, 0.1) is 0 Å². The molecule has 0 aromatic rings. The van der Waals surface area contributed by atoms with Crippen LogP contribution in [-0.2, 0) is 8.85 Å². The average molecular weight is 333 g/mol. The molecule has 0 radical (unpaired) electrons. The molecule has 128 valence electrons. The van der Waals surface area contributed by atoms with E-state index in [1.807, 2.05) is 0 Å². The molecule has 21 heavy (non-hydrogen) atoms. The lowest BCUT2D eigenvalue weighted by atomic mass is 10.2. The highest BCUT2D eigenvalue weighted by Gasteiger charge is 2.39. The lowest BCUT2D eigenvalue weighted by Gasteiger charge is -2.40. The Morgan fingerprint density at radius 3 is 1.71 bits per heavy atom. The smallest absolute Gasteiger partial charge is 0.192 e. The Labute approximate surface area is 136 Å². The molecule has 0 rings (SSSR count). The first-order valence-corrected chi connectivity index (χ1v) is 14.3. The summed E-state index contributed by atoms with van der Waals surface area (Å²) < 4.78 is 13.1. The fourth-order valence-corrected chi connectivity index (χ4v) is 6.44. The standard InChI is InChI=1S/C17H40O2Si2/c1-10-14-16(19-20(8,9)17(5,6)7)15-18-21(11-2,12-3)13-4/h16H,10-15H2,1-9H3. The quantitative estimate of drug-likeness (QED) is 0.443. The molecule has 0 aromatic heterocycles. The van der Waals surface area contributed by atoms with Crippen molar-refractivity contribution in [2.75, 3.05) is 6.61 Å². The predicted octanol–water partition coefficient (Wildman–Crippen LogP) is 6.20. The van der Waals surface area contributed by atoms with E-state index in [9.17, 15) is 0 Å². The van der Waals surface area contributed by atoms with E-state index in [-0.39, 0.29) is 11.1 Å². The topological polar surface area (TPSA) is 18.5 Å². The third kappa shape index (κ3) is 6.55. The van der Waals surface area contributed by atoms with Gasteiger partial charge in [0.2, 0.25) is 0 Å². The third-order valence-corrected chi connectivity index (χ3v) is 14.6. The molecule has 2 nitrogen and oxygen atoms in total. The molecule has 0 fully saturated rings. The summed E-state index contributed by atoms with van der Waals surface area (Å²) in [6.07, 6.45) is 2.57. The summed E-state index contributed by atoms with van der Waals surface area (Å²) in [4.78, 5) is 0. The Morgan fingerprint density at radius 1 is 0.905 bits per heavy atom. The minimum Gasteiger partial charge on any atom is -0.414 e. The normalized spacial score (nSPS) is 15.3. The van der Waals surface area contributed by atoms with Gasteiger partial charge >= 0.3 is 0 Å². The van der Waals surface area contributed by atoms with Crippen molar-refractivity contribution in [1.29, 1.82) is 0 Å². The molecule has 0 saturated heterocycles. The molecule has 0 aromatic carbocycles. The van der Waals surface area contributed by atoms with Crippen LogP contribution < -0.4 is 0 Å². The summed E-state index contributed by atoms with van der Waals surface area (Å²) in [5.41, 5.74) is 0. The average Bonchev–Trinajstić information content (AvgIpc) is 2.39. The van der Waals surface area contributed by atoms with Crippen LogP contribution in [0.1, 0.15) is 61.3 Å². The maximum absolute atomic E-state index is 6.61. The zero-order valence-electron chi connectivity index (χ0n) is 16.1. The van der Waals surface area contributed by atoms with Crippen LogP contribution >= 0.6 is 0 Å². The van der Waals surface area contributed by atoms with Gasteiger partial charge in [0, 0.05) is 0 Å². The molecule has 0 bridgehead atoms. The highest BCUT2D eigenvalue weighted by atomic mass is 28.4. The van der Waals surface area contributed by atoms with Crippen LogP contribution in [0.5, 0.6) is 0 Å². The van der Waals surface area contributed by atoms with Crippen LogP contribution in [0.15, 0.2) is 0 Å². The van der Waals surface area contributed by atoms with Crippen molar-refractivity contribution in [3.63, 3.8) is 0 Å². The van der Waals surface area contributed by atoms with Crippen molar-refractivity contribution in [1.82, 2.24) is 0 Å². The van der Waals surface area contributed by atoms with Gasteiger partial charge in [0.1, 0.15) is 0 Å². The fraction of sp³-hybridized carbons (Fsp3) is 1.00. The van der Waals surface area contributed by atoms with Gasteiger partial charge in [-0.05, 0) is 42.7 Å². The molecule has 4 heteroatoms. The highest BCUT2D eigenvalue weighted by Crippen LogP contribution is 2.38. The van der Waals surface area contributed by atoms with Crippen LogP contribution in [0.3, 0.4) is 0 Å². The molecule has 0 heterocycles. The molecule has 0 amide bonds. The molecule has 0 saturated carbocycles. The first-order chi connectivity index (χ1) is 9.57. The van der Waals surface area contributed by atoms with E-state index < -0.39 is 16.6 Å². The number of hydrogen-bond acceptors (Lipinski definition) is 2. The summed E-state index contributed by atoms with van der Waals surface area (Å²) in [7, 11) is -3.19. The maximum Gasteiger partial charge on any atom is 0.192 e. The Kier molecular flexibility index (Phi) is 9.00. The van der Waals surface area contributed by atoms with Gasteiger partial charge in [0.05, 0.1) is 12.7 Å². The lowest BCUT2D eigenvalue weighted by Crippen LogP contribution is -2.46. The van der Waals surface area contributed by atoms with E-state index in [0.29, 0.717) is 0 Å². The summed E-state index contributed by atoms with van der Waals surface area (Å²) in [5, 5.41) is 0.272. The molecular weight excluding hydrogens is 292 g/mol. The van der Waals surface area contributed by atoms with Crippen LogP contribution in [0.4, 0.5) is 0 Å². The first kappa shape index (κ1) is 21.4. The van der Waals surface area contributed by atoms with Gasteiger partial charge in [-0.1, -0.05) is 54.9 Å². The fourth-order valence-electron chi connectivity index (χ4n) is 2.42. The SMILES string of the molecule is CCCC(CO[Si](CC)(CC)CC)O[Si](C)(C)C(C)(C)C. The van der Waals surface area contributed by atoms with Crippen molar-refractivity contribution in [2.45, 2.75) is 104 Å². The summed E-state index contributed by atoms with van der Waals surface area (Å²) in [6.45, 7) is 21.6. The van der Waals surface area contributed by atoms with Crippen molar-refractivity contribution in [2.24, 2.45) is 0 Å². The summed E-state index contributed by atoms with van der Waals surface area (Å²) in [6, 6.07) is 3.66. The zero-order chi connectivity index (χ0) is 16.7. The van der Waals surface area contributed by atoms with Crippen molar-refractivity contribution in [3.05, 3.63) is 0 Å². The molecule has 0 aliphatic rings. The van der Waals surface area contributed by atoms with Crippen molar-refractivity contribution >= 4 is 16.6 Å². The second-order valence-corrected chi connectivity index (χ2v) is 17.4. The zero-order valence-corrected chi connectivity index (χ0v) is 18.1. The molecule has 0 aliphatic heterocycles. The Hall–Kier alpha value is 0.354. The lowest BCUT2D eigenvalue weighted by molar-refractivity contribution is 0.101. The largest absolute Gasteiger partial charge is 0.414 e. The molecule has 0 spiro atoms. The van der Waals surface area contributed by atoms with Crippen molar-refractivity contribution < 1.29 is 8.85 Å². The highest BCUT2D eigenvalue weighted by molar-refractivity contribution is 6.74. The van der Waals surface area contributed by atoms with Gasteiger partial charge in [0.15, 0.2) is 16.6 Å². The predicted molar refractivity (Wildman–Crippen MR) is 100 cm³/mol. The van der Waals surface area contributed by atoms with E-state index in [1.165, 1.54) is 24.6 Å². The van der Waals surface area contributed by atoms with Gasteiger partial charge in [-0.2, -0.15) is 0 Å². The van der Waals surface area contributed by atoms with E-state index in [1.54, 1.807) is 0 Å². The Bertz CT molecular complexity index is 273. The Balaban J connectivity index is 4.78.